The Balaban J connectivity index is 1.56. The summed E-state index contributed by atoms with van der Waals surface area (Å²) in [7, 11) is -3.82. The van der Waals surface area contributed by atoms with Crippen LogP contribution in [0.2, 0.25) is 0 Å². The van der Waals surface area contributed by atoms with E-state index < -0.39 is 28.0 Å². The van der Waals surface area contributed by atoms with Crippen LogP contribution in [0.5, 0.6) is 0 Å². The molecule has 1 aliphatic rings. The van der Waals surface area contributed by atoms with Crippen molar-refractivity contribution in [2.45, 2.75) is 32.2 Å². The van der Waals surface area contributed by atoms with Crippen molar-refractivity contribution in [3.63, 3.8) is 0 Å². The number of carbonyl (C=O) groups is 3. The van der Waals surface area contributed by atoms with Gasteiger partial charge in [0, 0.05) is 44.9 Å². The van der Waals surface area contributed by atoms with Crippen molar-refractivity contribution in [1.29, 1.82) is 0 Å². The fourth-order valence-electron chi connectivity index (χ4n) is 4.41. The molecule has 2 amide bonds. The zero-order chi connectivity index (χ0) is 30.3. The van der Waals surface area contributed by atoms with Crippen LogP contribution in [0.3, 0.4) is 0 Å². The summed E-state index contributed by atoms with van der Waals surface area (Å²) in [5.74, 6) is -0.969. The highest BCUT2D eigenvalue weighted by Gasteiger charge is 2.30. The molecule has 42 heavy (non-hydrogen) atoms. The smallest absolute Gasteiger partial charge is 0.409 e. The van der Waals surface area contributed by atoms with Gasteiger partial charge in [0.15, 0.2) is 4.80 Å². The summed E-state index contributed by atoms with van der Waals surface area (Å²) in [4.78, 5) is 43.6. The number of piperazine rings is 1. The lowest BCUT2D eigenvalue weighted by Crippen LogP contribution is -2.50. The van der Waals surface area contributed by atoms with E-state index in [2.05, 4.69) is 4.99 Å². The molecule has 0 radical (unpaired) electrons. The van der Waals surface area contributed by atoms with Gasteiger partial charge in [0.05, 0.1) is 40.5 Å². The number of esters is 1. The minimum absolute atomic E-state index is 0.0452. The molecule has 14 heteroatoms. The Morgan fingerprint density at radius 2 is 1.55 bits per heavy atom. The van der Waals surface area contributed by atoms with Crippen LogP contribution in [0.15, 0.2) is 52.4 Å². The Morgan fingerprint density at radius 1 is 0.881 bits per heavy atom. The SMILES string of the molecule is CCOCCn1c(=NC(=O)c2ccc(S(=O)(=O)N3CCN(C(=O)OCC)CC3)cc2)sc2cc(C(=O)OCC)ccc21. The summed E-state index contributed by atoms with van der Waals surface area (Å²) in [5.41, 5.74) is 1.42. The van der Waals surface area contributed by atoms with Gasteiger partial charge in [-0.2, -0.15) is 9.30 Å². The number of fused-ring (bicyclic) bond motifs is 1. The number of aromatic nitrogens is 1. The largest absolute Gasteiger partial charge is 0.462 e. The van der Waals surface area contributed by atoms with Gasteiger partial charge in [0.25, 0.3) is 5.91 Å². The molecule has 1 aliphatic heterocycles. The third-order valence-corrected chi connectivity index (χ3v) is 9.51. The third-order valence-electron chi connectivity index (χ3n) is 6.56. The average Bonchev–Trinajstić information content (AvgIpc) is 3.33. The van der Waals surface area contributed by atoms with E-state index in [0.29, 0.717) is 30.1 Å². The average molecular weight is 619 g/mol. The van der Waals surface area contributed by atoms with E-state index in [-0.39, 0.29) is 49.9 Å². The monoisotopic (exact) mass is 618 g/mol. The summed E-state index contributed by atoms with van der Waals surface area (Å²) in [5, 5.41) is 0. The summed E-state index contributed by atoms with van der Waals surface area (Å²) in [6.07, 6.45) is -0.460. The fraction of sp³-hybridized carbons (Fsp3) is 0.429. The molecule has 0 aliphatic carbocycles. The highest BCUT2D eigenvalue weighted by molar-refractivity contribution is 7.89. The summed E-state index contributed by atoms with van der Waals surface area (Å²) in [6.45, 7) is 7.99. The minimum atomic E-state index is -3.82. The standard InChI is InChI=1S/C28H34N4O8S2/c1-4-38-18-17-32-23-12-9-21(26(34)39-5-2)19-24(23)41-27(32)29-25(33)20-7-10-22(11-8-20)42(36,37)31-15-13-30(14-16-31)28(35)40-6-3/h7-12,19H,4-6,13-18H2,1-3H3. The van der Waals surface area contributed by atoms with Crippen molar-refractivity contribution < 1.29 is 37.0 Å². The van der Waals surface area contributed by atoms with Crippen LogP contribution in [0.25, 0.3) is 10.2 Å². The molecular formula is C28H34N4O8S2. The minimum Gasteiger partial charge on any atom is -0.462 e. The third kappa shape index (κ3) is 7.06. The second-order valence-corrected chi connectivity index (χ2v) is 12.1. The van der Waals surface area contributed by atoms with Gasteiger partial charge >= 0.3 is 12.1 Å². The van der Waals surface area contributed by atoms with Gasteiger partial charge in [-0.3, -0.25) is 4.79 Å². The normalized spacial score (nSPS) is 14.7. The number of hydrogen-bond donors (Lipinski definition) is 0. The first-order chi connectivity index (χ1) is 20.2. The first-order valence-electron chi connectivity index (χ1n) is 13.7. The fourth-order valence-corrected chi connectivity index (χ4v) is 6.93. The van der Waals surface area contributed by atoms with Crippen molar-refractivity contribution in [1.82, 2.24) is 13.8 Å². The van der Waals surface area contributed by atoms with E-state index in [1.807, 2.05) is 11.5 Å². The molecule has 0 atom stereocenters. The highest BCUT2D eigenvalue weighted by Crippen LogP contribution is 2.21. The van der Waals surface area contributed by atoms with E-state index >= 15 is 0 Å². The quantitative estimate of drug-likeness (QED) is 0.250. The van der Waals surface area contributed by atoms with Gasteiger partial charge < -0.3 is 23.7 Å². The molecule has 2 heterocycles. The summed E-state index contributed by atoms with van der Waals surface area (Å²) < 4.78 is 45.9. The van der Waals surface area contributed by atoms with Gasteiger partial charge in [0.2, 0.25) is 10.0 Å². The molecule has 0 saturated carbocycles. The van der Waals surface area contributed by atoms with Crippen LogP contribution in [0, 0.1) is 0 Å². The molecule has 1 aromatic heterocycles. The van der Waals surface area contributed by atoms with Crippen molar-refractivity contribution >= 4 is 49.5 Å². The van der Waals surface area contributed by atoms with E-state index in [1.165, 1.54) is 44.8 Å². The number of hydrogen-bond acceptors (Lipinski definition) is 9. The van der Waals surface area contributed by atoms with Crippen LogP contribution in [-0.2, 0) is 30.8 Å². The number of nitrogens with zero attached hydrogens (tertiary/aromatic N) is 4. The van der Waals surface area contributed by atoms with E-state index in [4.69, 9.17) is 14.2 Å². The van der Waals surface area contributed by atoms with E-state index in [9.17, 15) is 22.8 Å². The van der Waals surface area contributed by atoms with Crippen LogP contribution in [0.1, 0.15) is 41.5 Å². The molecule has 0 bridgehead atoms. The molecule has 1 saturated heterocycles. The first kappa shape index (κ1) is 31.3. The molecule has 4 rings (SSSR count). The van der Waals surface area contributed by atoms with Crippen LogP contribution in [0.4, 0.5) is 4.79 Å². The number of sulfonamides is 1. The second-order valence-electron chi connectivity index (χ2n) is 9.17. The zero-order valence-electron chi connectivity index (χ0n) is 23.8. The number of thiazole rings is 1. The molecule has 0 spiro atoms. The molecule has 1 fully saturated rings. The predicted octanol–water partition coefficient (Wildman–Crippen LogP) is 3.12. The number of rotatable bonds is 10. The van der Waals surface area contributed by atoms with Crippen molar-refractivity contribution in [2.75, 3.05) is 52.6 Å². The molecular weight excluding hydrogens is 584 g/mol. The topological polar surface area (TPSA) is 137 Å². The number of carbonyl (C=O) groups excluding carboxylic acids is 3. The molecule has 226 valence electrons. The number of ether oxygens (including phenoxy) is 3. The molecule has 0 N–H and O–H groups in total. The molecule has 0 unspecified atom stereocenters. The maximum absolute atomic E-state index is 13.2. The summed E-state index contributed by atoms with van der Waals surface area (Å²) >= 11 is 1.26. The van der Waals surface area contributed by atoms with Gasteiger partial charge in [-0.25, -0.2) is 18.0 Å². The Labute approximate surface area is 248 Å². The number of benzene rings is 2. The lowest BCUT2D eigenvalue weighted by molar-refractivity contribution is 0.0526. The van der Waals surface area contributed by atoms with E-state index in [1.54, 1.807) is 32.0 Å². The van der Waals surface area contributed by atoms with E-state index in [0.717, 1.165) is 10.2 Å². The van der Waals surface area contributed by atoms with Crippen molar-refractivity contribution in [3.8, 4) is 0 Å². The maximum atomic E-state index is 13.2. The Kier molecular flexibility index (Phi) is 10.5. The molecule has 3 aromatic rings. The van der Waals surface area contributed by atoms with Gasteiger partial charge in [-0.1, -0.05) is 11.3 Å². The maximum Gasteiger partial charge on any atom is 0.409 e. The lowest BCUT2D eigenvalue weighted by atomic mass is 10.2. The molecule has 12 nitrogen and oxygen atoms in total. The lowest BCUT2D eigenvalue weighted by Gasteiger charge is -2.33. The van der Waals surface area contributed by atoms with Gasteiger partial charge in [-0.05, 0) is 63.2 Å². The van der Waals surface area contributed by atoms with Gasteiger partial charge in [0.1, 0.15) is 0 Å². The predicted molar refractivity (Wildman–Crippen MR) is 156 cm³/mol. The van der Waals surface area contributed by atoms with Crippen LogP contribution in [-0.4, -0.2) is 92.8 Å². The second kappa shape index (κ2) is 14.1. The van der Waals surface area contributed by atoms with Crippen molar-refractivity contribution in [2.24, 2.45) is 4.99 Å². The zero-order valence-corrected chi connectivity index (χ0v) is 25.4. The first-order valence-corrected chi connectivity index (χ1v) is 15.9. The van der Waals surface area contributed by atoms with Crippen LogP contribution >= 0.6 is 11.3 Å². The Bertz CT molecular complexity index is 1600. The highest BCUT2D eigenvalue weighted by atomic mass is 32.2. The van der Waals surface area contributed by atoms with Crippen molar-refractivity contribution in [3.05, 3.63) is 58.4 Å². The Morgan fingerprint density at radius 3 is 2.19 bits per heavy atom. The van der Waals surface area contributed by atoms with Crippen LogP contribution < -0.4 is 4.80 Å². The summed E-state index contributed by atoms with van der Waals surface area (Å²) in [6, 6.07) is 10.8. The Hall–Kier alpha value is -3.59. The molecule has 2 aromatic carbocycles. The van der Waals surface area contributed by atoms with Gasteiger partial charge in [-0.15, -0.1) is 0 Å². The number of amides is 2.